The molecule has 10 heteroatoms. The molecule has 1 aliphatic heterocycles. The van der Waals surface area contributed by atoms with Crippen LogP contribution in [0.1, 0.15) is 57.2 Å². The van der Waals surface area contributed by atoms with Gasteiger partial charge >= 0.3 is 0 Å². The number of aromatic nitrogens is 7. The Morgan fingerprint density at radius 2 is 1.85 bits per heavy atom. The van der Waals surface area contributed by atoms with Gasteiger partial charge in [-0.3, -0.25) is 4.98 Å². The highest BCUT2D eigenvalue weighted by atomic mass is 16.5. The van der Waals surface area contributed by atoms with E-state index in [0.29, 0.717) is 17.3 Å². The molecule has 33 heavy (non-hydrogen) atoms. The fourth-order valence-electron chi connectivity index (χ4n) is 3.87. The molecule has 0 radical (unpaired) electrons. The van der Waals surface area contributed by atoms with Gasteiger partial charge < -0.3 is 15.4 Å². The molecule has 2 fully saturated rings. The molecule has 4 heterocycles. The van der Waals surface area contributed by atoms with E-state index in [1.54, 1.807) is 24.2 Å². The van der Waals surface area contributed by atoms with Crippen molar-refractivity contribution in [3.05, 3.63) is 36.4 Å². The van der Waals surface area contributed by atoms with Crippen molar-refractivity contribution in [1.29, 1.82) is 0 Å². The van der Waals surface area contributed by atoms with Gasteiger partial charge in [0.25, 0.3) is 0 Å². The van der Waals surface area contributed by atoms with Crippen molar-refractivity contribution in [1.82, 2.24) is 35.2 Å². The Labute approximate surface area is 194 Å². The molecule has 10 nitrogen and oxygen atoms in total. The van der Waals surface area contributed by atoms with Crippen molar-refractivity contribution < 1.29 is 4.74 Å². The maximum atomic E-state index is 5.33. The van der Waals surface area contributed by atoms with Crippen LogP contribution in [0.2, 0.25) is 0 Å². The molecule has 0 spiro atoms. The summed E-state index contributed by atoms with van der Waals surface area (Å²) in [4.78, 5) is 10.7. The number of anilines is 1. The quantitative estimate of drug-likeness (QED) is 0.603. The predicted molar refractivity (Wildman–Crippen MR) is 126 cm³/mol. The molecule has 1 atom stereocenters. The maximum absolute atomic E-state index is 5.33. The van der Waals surface area contributed by atoms with E-state index in [4.69, 9.17) is 10.5 Å². The number of hydrogen-bond acceptors (Lipinski definition) is 9. The molecule has 0 aromatic carbocycles. The largest absolute Gasteiger partial charge is 0.480 e. The van der Waals surface area contributed by atoms with Crippen LogP contribution in [0.15, 0.2) is 30.7 Å². The minimum absolute atomic E-state index is 0.0901. The molecule has 1 saturated heterocycles. The van der Waals surface area contributed by atoms with E-state index in [1.807, 2.05) is 25.3 Å². The monoisotopic (exact) mass is 451 g/mol. The average Bonchev–Trinajstić information content (AvgIpc) is 3.34. The van der Waals surface area contributed by atoms with Crippen molar-refractivity contribution >= 4 is 5.82 Å². The molecule has 2 aliphatic rings. The number of rotatable bonds is 6. The molecule has 1 aliphatic carbocycles. The standard InChI is InChI=1S/C18H22N8O.C5H11N/c1-13(14-6-7-17(23-21-14)25-8-4-3-5-9-25)26-12-16(22-24-26)15-10-19-11-18(20-15)27-2;6-4-5-2-1-3-5/h6-7,10-13H,3-5,8-9H2,1-2H3;5H,1-4,6H2. The van der Waals surface area contributed by atoms with E-state index < -0.39 is 0 Å². The van der Waals surface area contributed by atoms with Crippen LogP contribution in [0.25, 0.3) is 11.4 Å². The Morgan fingerprint density at radius 1 is 1.03 bits per heavy atom. The third-order valence-corrected chi connectivity index (χ3v) is 6.33. The summed E-state index contributed by atoms with van der Waals surface area (Å²) < 4.78 is 6.86. The number of ether oxygens (including phenoxy) is 1. The van der Waals surface area contributed by atoms with Gasteiger partial charge in [0.05, 0.1) is 37.4 Å². The lowest BCUT2D eigenvalue weighted by molar-refractivity contribution is 0.325. The second kappa shape index (κ2) is 11.1. The van der Waals surface area contributed by atoms with Crippen LogP contribution in [0.4, 0.5) is 5.82 Å². The molecule has 3 aromatic heterocycles. The highest BCUT2D eigenvalue weighted by Crippen LogP contribution is 2.24. The summed E-state index contributed by atoms with van der Waals surface area (Å²) in [5, 5.41) is 17.2. The SMILES string of the molecule is COc1cncc(-c2cn(C(C)c3ccc(N4CCCCC4)nn3)nn2)n1.NCC1CCC1. The minimum Gasteiger partial charge on any atom is -0.480 e. The van der Waals surface area contributed by atoms with Crippen LogP contribution < -0.4 is 15.4 Å². The number of nitrogens with two attached hydrogens (primary N) is 1. The summed E-state index contributed by atoms with van der Waals surface area (Å²) in [6.07, 6.45) is 12.9. The first-order valence-corrected chi connectivity index (χ1v) is 11.7. The van der Waals surface area contributed by atoms with Crippen molar-refractivity contribution in [2.24, 2.45) is 11.7 Å². The van der Waals surface area contributed by atoms with Crippen LogP contribution in [0.3, 0.4) is 0 Å². The first-order chi connectivity index (χ1) is 16.2. The fourth-order valence-corrected chi connectivity index (χ4v) is 3.87. The van der Waals surface area contributed by atoms with Crippen LogP contribution in [-0.4, -0.2) is 61.9 Å². The summed E-state index contributed by atoms with van der Waals surface area (Å²) in [6.45, 7) is 5.04. The molecular weight excluding hydrogens is 418 g/mol. The number of methoxy groups -OCH3 is 1. The Bertz CT molecular complexity index is 994. The second-order valence-corrected chi connectivity index (χ2v) is 8.60. The zero-order valence-electron chi connectivity index (χ0n) is 19.5. The molecule has 2 N–H and O–H groups in total. The zero-order chi connectivity index (χ0) is 23.0. The smallest absolute Gasteiger partial charge is 0.232 e. The average molecular weight is 452 g/mol. The molecule has 3 aromatic rings. The Balaban J connectivity index is 0.000000376. The van der Waals surface area contributed by atoms with Crippen LogP contribution >= 0.6 is 0 Å². The third-order valence-electron chi connectivity index (χ3n) is 6.33. The van der Waals surface area contributed by atoms with Gasteiger partial charge in [0.1, 0.15) is 11.4 Å². The van der Waals surface area contributed by atoms with E-state index in [9.17, 15) is 0 Å². The lowest BCUT2D eigenvalue weighted by Crippen LogP contribution is -2.30. The minimum atomic E-state index is -0.0901. The Morgan fingerprint density at radius 3 is 2.45 bits per heavy atom. The first-order valence-electron chi connectivity index (χ1n) is 11.7. The van der Waals surface area contributed by atoms with Crippen molar-refractivity contribution in [3.8, 4) is 17.3 Å². The molecule has 5 rings (SSSR count). The lowest BCUT2D eigenvalue weighted by atomic mass is 9.86. The number of hydrogen-bond donors (Lipinski definition) is 1. The summed E-state index contributed by atoms with van der Waals surface area (Å²) in [5.74, 6) is 2.27. The van der Waals surface area contributed by atoms with E-state index in [-0.39, 0.29) is 6.04 Å². The van der Waals surface area contributed by atoms with Gasteiger partial charge in [-0.05, 0) is 63.6 Å². The van der Waals surface area contributed by atoms with Crippen molar-refractivity contribution in [2.45, 2.75) is 51.5 Å². The van der Waals surface area contributed by atoms with Gasteiger partial charge in [0.15, 0.2) is 5.82 Å². The van der Waals surface area contributed by atoms with Crippen molar-refractivity contribution in [2.75, 3.05) is 31.6 Å². The first kappa shape index (κ1) is 23.0. The molecule has 0 bridgehead atoms. The van der Waals surface area contributed by atoms with Crippen LogP contribution in [-0.2, 0) is 0 Å². The molecule has 1 saturated carbocycles. The van der Waals surface area contributed by atoms with Crippen molar-refractivity contribution in [3.63, 3.8) is 0 Å². The molecule has 176 valence electrons. The Kier molecular flexibility index (Phi) is 7.77. The van der Waals surface area contributed by atoms with E-state index in [1.165, 1.54) is 38.5 Å². The number of piperidine rings is 1. The van der Waals surface area contributed by atoms with Gasteiger partial charge in [-0.25, -0.2) is 9.67 Å². The third kappa shape index (κ3) is 5.81. The zero-order valence-corrected chi connectivity index (χ0v) is 19.5. The highest BCUT2D eigenvalue weighted by Gasteiger charge is 2.17. The molecular formula is C23H33N9O. The second-order valence-electron chi connectivity index (χ2n) is 8.60. The van der Waals surface area contributed by atoms with E-state index in [2.05, 4.69) is 35.4 Å². The predicted octanol–water partition coefficient (Wildman–Crippen LogP) is 2.88. The van der Waals surface area contributed by atoms with Gasteiger partial charge in [-0.15, -0.1) is 10.2 Å². The summed E-state index contributed by atoms with van der Waals surface area (Å²) >= 11 is 0. The highest BCUT2D eigenvalue weighted by molar-refractivity contribution is 5.51. The maximum Gasteiger partial charge on any atom is 0.232 e. The van der Waals surface area contributed by atoms with Gasteiger partial charge in [-0.1, -0.05) is 11.6 Å². The topological polar surface area (TPSA) is 121 Å². The lowest BCUT2D eigenvalue weighted by Gasteiger charge is -2.27. The van der Waals surface area contributed by atoms with Gasteiger partial charge in [0, 0.05) is 13.1 Å². The van der Waals surface area contributed by atoms with Gasteiger partial charge in [0.2, 0.25) is 5.88 Å². The summed E-state index contributed by atoms with van der Waals surface area (Å²) in [5.41, 5.74) is 7.41. The van der Waals surface area contributed by atoms with Gasteiger partial charge in [-0.2, -0.15) is 5.10 Å². The number of nitrogens with zero attached hydrogens (tertiary/aromatic N) is 8. The molecule has 1 unspecified atom stereocenters. The van der Waals surface area contributed by atoms with Crippen LogP contribution in [0, 0.1) is 5.92 Å². The van der Waals surface area contributed by atoms with E-state index >= 15 is 0 Å². The Hall–Kier alpha value is -3.14. The summed E-state index contributed by atoms with van der Waals surface area (Å²) in [7, 11) is 1.55. The molecule has 0 amide bonds. The summed E-state index contributed by atoms with van der Waals surface area (Å²) in [6, 6.07) is 3.96. The van der Waals surface area contributed by atoms with E-state index in [0.717, 1.165) is 37.1 Å². The normalized spacial score (nSPS) is 17.0. The fraction of sp³-hybridized carbons (Fsp3) is 0.565. The van der Waals surface area contributed by atoms with Crippen LogP contribution in [0.5, 0.6) is 5.88 Å².